The van der Waals surface area contributed by atoms with E-state index in [9.17, 15) is 14.4 Å². The van der Waals surface area contributed by atoms with E-state index in [2.05, 4.69) is 0 Å². The highest BCUT2D eigenvalue weighted by molar-refractivity contribution is 5.75. The average Bonchev–Trinajstić information content (AvgIpc) is 2.92. The van der Waals surface area contributed by atoms with Crippen molar-refractivity contribution in [1.82, 2.24) is 14.0 Å². The number of aromatic nitrogens is 2. The van der Waals surface area contributed by atoms with Crippen LogP contribution in [0.25, 0.3) is 0 Å². The molecule has 0 unspecified atom stereocenters. The van der Waals surface area contributed by atoms with Crippen molar-refractivity contribution < 1.29 is 9.53 Å². The highest BCUT2D eigenvalue weighted by atomic mass is 16.5. The van der Waals surface area contributed by atoms with Crippen LogP contribution in [0.3, 0.4) is 0 Å². The van der Waals surface area contributed by atoms with Crippen molar-refractivity contribution in [2.75, 3.05) is 20.2 Å². The number of likely N-dealkylation sites (N-methyl/N-ethyl adjacent to an activating group) is 1. The summed E-state index contributed by atoms with van der Waals surface area (Å²) in [6.45, 7) is 1.20. The first-order valence-corrected chi connectivity index (χ1v) is 6.61. The highest BCUT2D eigenvalue weighted by Gasteiger charge is 2.20. The smallest absolute Gasteiger partial charge is 0.331 e. The molecule has 1 aromatic heterocycles. The monoisotopic (exact) mass is 281 g/mol. The minimum Gasteiger partial charge on any atom is -0.376 e. The second-order valence-corrected chi connectivity index (χ2v) is 5.03. The Bertz CT molecular complexity index is 598. The van der Waals surface area contributed by atoms with Crippen molar-refractivity contribution in [2.45, 2.75) is 25.5 Å². The minimum atomic E-state index is -0.489. The Labute approximate surface area is 116 Å². The lowest BCUT2D eigenvalue weighted by Gasteiger charge is -2.21. The molecule has 7 nitrogen and oxygen atoms in total. The van der Waals surface area contributed by atoms with Crippen LogP contribution in [-0.2, 0) is 23.1 Å². The number of rotatable bonds is 4. The van der Waals surface area contributed by atoms with Gasteiger partial charge in [0.25, 0.3) is 5.56 Å². The van der Waals surface area contributed by atoms with E-state index in [0.717, 1.165) is 24.0 Å². The molecular formula is C13H19N3O4. The molecule has 2 heterocycles. The van der Waals surface area contributed by atoms with Crippen LogP contribution in [0, 0.1) is 0 Å². The fourth-order valence-corrected chi connectivity index (χ4v) is 2.20. The average molecular weight is 281 g/mol. The third kappa shape index (κ3) is 3.16. The maximum absolute atomic E-state index is 12.1. The highest BCUT2D eigenvalue weighted by Crippen LogP contribution is 2.12. The van der Waals surface area contributed by atoms with Crippen LogP contribution < -0.4 is 11.2 Å². The van der Waals surface area contributed by atoms with Gasteiger partial charge >= 0.3 is 5.69 Å². The molecule has 1 amide bonds. The Morgan fingerprint density at radius 2 is 2.25 bits per heavy atom. The van der Waals surface area contributed by atoms with Crippen molar-refractivity contribution in [3.63, 3.8) is 0 Å². The van der Waals surface area contributed by atoms with Crippen LogP contribution in [-0.4, -0.2) is 46.2 Å². The zero-order chi connectivity index (χ0) is 14.7. The second-order valence-electron chi connectivity index (χ2n) is 5.03. The maximum atomic E-state index is 12.1. The fourth-order valence-electron chi connectivity index (χ4n) is 2.20. The second kappa shape index (κ2) is 6.04. The number of ether oxygens (including phenoxy) is 1. The maximum Gasteiger partial charge on any atom is 0.331 e. The number of carbonyl (C=O) groups is 1. The SMILES string of the molecule is CN(C[C@H]1CCCO1)C(=O)Cn1ccc(=O)n(C)c1=O. The van der Waals surface area contributed by atoms with E-state index < -0.39 is 5.69 Å². The summed E-state index contributed by atoms with van der Waals surface area (Å²) < 4.78 is 7.69. The van der Waals surface area contributed by atoms with Crippen molar-refractivity contribution >= 4 is 5.91 Å². The Balaban J connectivity index is 2.02. The van der Waals surface area contributed by atoms with Crippen LogP contribution in [0.4, 0.5) is 0 Å². The summed E-state index contributed by atoms with van der Waals surface area (Å²) in [5.41, 5.74) is -0.872. The molecule has 0 radical (unpaired) electrons. The first kappa shape index (κ1) is 14.5. The number of carbonyl (C=O) groups excluding carboxylic acids is 1. The molecule has 1 saturated heterocycles. The van der Waals surface area contributed by atoms with E-state index >= 15 is 0 Å². The van der Waals surface area contributed by atoms with Gasteiger partial charge in [0.05, 0.1) is 6.10 Å². The molecule has 110 valence electrons. The van der Waals surface area contributed by atoms with Crippen molar-refractivity contribution in [3.05, 3.63) is 33.1 Å². The van der Waals surface area contributed by atoms with Gasteiger partial charge in [-0.3, -0.25) is 18.7 Å². The van der Waals surface area contributed by atoms with Crippen LogP contribution in [0.15, 0.2) is 21.9 Å². The first-order valence-electron chi connectivity index (χ1n) is 6.61. The molecule has 1 aliphatic rings. The molecule has 0 saturated carbocycles. The quantitative estimate of drug-likeness (QED) is 0.723. The summed E-state index contributed by atoms with van der Waals surface area (Å²) in [5.74, 6) is -0.179. The number of hydrogen-bond acceptors (Lipinski definition) is 4. The van der Waals surface area contributed by atoms with Gasteiger partial charge in [-0.15, -0.1) is 0 Å². The lowest BCUT2D eigenvalue weighted by Crippen LogP contribution is -2.42. The third-order valence-electron chi connectivity index (χ3n) is 3.49. The normalized spacial score (nSPS) is 18.2. The molecule has 2 rings (SSSR count). The Kier molecular flexibility index (Phi) is 4.39. The van der Waals surface area contributed by atoms with E-state index in [1.54, 1.807) is 11.9 Å². The van der Waals surface area contributed by atoms with Gasteiger partial charge in [0.2, 0.25) is 5.91 Å². The van der Waals surface area contributed by atoms with Gasteiger partial charge in [-0.25, -0.2) is 4.79 Å². The lowest BCUT2D eigenvalue weighted by atomic mass is 10.2. The predicted molar refractivity (Wildman–Crippen MR) is 72.6 cm³/mol. The van der Waals surface area contributed by atoms with E-state index in [4.69, 9.17) is 4.74 Å². The summed E-state index contributed by atoms with van der Waals surface area (Å²) in [7, 11) is 3.08. The molecule has 0 aliphatic carbocycles. The van der Waals surface area contributed by atoms with Gasteiger partial charge in [0.1, 0.15) is 6.54 Å². The van der Waals surface area contributed by atoms with Crippen LogP contribution in [0.5, 0.6) is 0 Å². The molecule has 0 spiro atoms. The summed E-state index contributed by atoms with van der Waals surface area (Å²) in [4.78, 5) is 36.7. The molecule has 0 N–H and O–H groups in total. The Morgan fingerprint density at radius 1 is 1.50 bits per heavy atom. The third-order valence-corrected chi connectivity index (χ3v) is 3.49. The molecule has 0 aromatic carbocycles. The molecule has 1 aliphatic heterocycles. The van der Waals surface area contributed by atoms with Crippen molar-refractivity contribution in [2.24, 2.45) is 7.05 Å². The van der Waals surface area contributed by atoms with E-state index in [-0.39, 0.29) is 24.1 Å². The van der Waals surface area contributed by atoms with Gasteiger partial charge in [0.15, 0.2) is 0 Å². The molecule has 1 atom stereocenters. The summed E-state index contributed by atoms with van der Waals surface area (Å²) >= 11 is 0. The van der Waals surface area contributed by atoms with Gasteiger partial charge < -0.3 is 9.64 Å². The predicted octanol–water partition coefficient (Wildman–Crippen LogP) is -0.816. The Hall–Kier alpha value is -1.89. The van der Waals surface area contributed by atoms with Crippen molar-refractivity contribution in [3.8, 4) is 0 Å². The molecule has 0 bridgehead atoms. The molecular weight excluding hydrogens is 262 g/mol. The van der Waals surface area contributed by atoms with Crippen LogP contribution >= 0.6 is 0 Å². The standard InChI is InChI=1S/C13H19N3O4/c1-14(8-10-4-3-7-20-10)12(18)9-16-6-5-11(17)15(2)13(16)19/h5-6,10H,3-4,7-9H2,1-2H3/t10-/m1/s1. The van der Waals surface area contributed by atoms with Crippen LogP contribution in [0.1, 0.15) is 12.8 Å². The topological polar surface area (TPSA) is 73.5 Å². The zero-order valence-corrected chi connectivity index (χ0v) is 11.7. The van der Waals surface area contributed by atoms with Crippen molar-refractivity contribution in [1.29, 1.82) is 0 Å². The lowest BCUT2D eigenvalue weighted by molar-refractivity contribution is -0.132. The number of hydrogen-bond donors (Lipinski definition) is 0. The van der Waals surface area contributed by atoms with Gasteiger partial charge in [-0.1, -0.05) is 0 Å². The summed E-state index contributed by atoms with van der Waals surface area (Å²) in [5, 5.41) is 0. The fraction of sp³-hybridized carbons (Fsp3) is 0.615. The van der Waals surface area contributed by atoms with E-state index in [0.29, 0.717) is 6.54 Å². The number of nitrogens with zero attached hydrogens (tertiary/aromatic N) is 3. The van der Waals surface area contributed by atoms with Gasteiger partial charge in [-0.2, -0.15) is 0 Å². The molecule has 7 heteroatoms. The summed E-state index contributed by atoms with van der Waals surface area (Å²) in [6, 6.07) is 1.27. The first-order chi connectivity index (χ1) is 9.49. The molecule has 20 heavy (non-hydrogen) atoms. The Morgan fingerprint density at radius 3 is 2.90 bits per heavy atom. The van der Waals surface area contributed by atoms with Gasteiger partial charge in [0, 0.05) is 39.5 Å². The van der Waals surface area contributed by atoms with E-state index in [1.165, 1.54) is 23.9 Å². The minimum absolute atomic E-state index is 0.0732. The zero-order valence-electron chi connectivity index (χ0n) is 11.7. The summed E-state index contributed by atoms with van der Waals surface area (Å²) in [6.07, 6.45) is 3.41. The molecule has 1 fully saturated rings. The van der Waals surface area contributed by atoms with E-state index in [1.807, 2.05) is 0 Å². The van der Waals surface area contributed by atoms with Crippen LogP contribution in [0.2, 0.25) is 0 Å². The van der Waals surface area contributed by atoms with Gasteiger partial charge in [-0.05, 0) is 12.8 Å². The number of amides is 1. The largest absolute Gasteiger partial charge is 0.376 e. The molecule has 1 aromatic rings.